The highest BCUT2D eigenvalue weighted by molar-refractivity contribution is 7.23. The summed E-state index contributed by atoms with van der Waals surface area (Å²) in [7, 11) is 0. The number of nitrogen functional groups attached to an aromatic ring is 1. The van der Waals surface area contributed by atoms with Gasteiger partial charge in [0, 0.05) is 30.6 Å². The summed E-state index contributed by atoms with van der Waals surface area (Å²) in [6.45, 7) is 5.56. The first kappa shape index (κ1) is 34.0. The van der Waals surface area contributed by atoms with Crippen LogP contribution < -0.4 is 20.1 Å². The zero-order chi connectivity index (χ0) is 37.3. The number of likely N-dealkylation sites (tertiary alicyclic amines) is 1. The fraction of sp³-hybridized carbons (Fsp3) is 0.444. The molecule has 278 valence electrons. The largest absolute Gasteiger partial charge is 0.489 e. The minimum Gasteiger partial charge on any atom is -0.489 e. The minimum absolute atomic E-state index is 0.00135. The summed E-state index contributed by atoms with van der Waals surface area (Å²) in [5.74, 6) is -0.342. The third-order valence-electron chi connectivity index (χ3n) is 12.1. The lowest BCUT2D eigenvalue weighted by Gasteiger charge is -2.50. The van der Waals surface area contributed by atoms with Crippen molar-refractivity contribution in [3.63, 3.8) is 0 Å². The number of ether oxygens (including phenoxy) is 2. The van der Waals surface area contributed by atoms with Gasteiger partial charge in [0.15, 0.2) is 11.6 Å². The summed E-state index contributed by atoms with van der Waals surface area (Å²) in [6.07, 6.45) is 5.55. The first-order valence-corrected chi connectivity index (χ1v) is 19.4. The van der Waals surface area contributed by atoms with Crippen LogP contribution in [0.3, 0.4) is 0 Å². The van der Waals surface area contributed by atoms with E-state index in [4.69, 9.17) is 48.4 Å². The zero-order valence-corrected chi connectivity index (χ0v) is 31.2. The van der Waals surface area contributed by atoms with Gasteiger partial charge >= 0.3 is 12.0 Å². The lowest BCUT2D eigenvalue weighted by molar-refractivity contribution is 0.0362. The molecule has 13 nitrogen and oxygen atoms in total. The predicted molar refractivity (Wildman–Crippen MR) is 198 cm³/mol. The number of fused-ring (bicyclic) bond motifs is 4. The Kier molecular flexibility index (Phi) is 7.53. The number of benzene rings is 2. The summed E-state index contributed by atoms with van der Waals surface area (Å²) < 4.78 is 46.8. The molecule has 4 atom stereocenters. The Balaban J connectivity index is 1.13. The van der Waals surface area contributed by atoms with Crippen LogP contribution in [0.2, 0.25) is 10.3 Å². The molecule has 5 aromatic rings. The molecular weight excluding hydrogens is 761 g/mol. The van der Waals surface area contributed by atoms with E-state index in [1.807, 2.05) is 4.90 Å². The maximum absolute atomic E-state index is 17.5. The van der Waals surface area contributed by atoms with Gasteiger partial charge in [-0.3, -0.25) is 4.90 Å². The Bertz CT molecular complexity index is 2490. The lowest BCUT2D eigenvalue weighted by atomic mass is 9.82. The molecule has 4 fully saturated rings. The summed E-state index contributed by atoms with van der Waals surface area (Å²) in [5, 5.41) is 14.5. The van der Waals surface area contributed by atoms with Crippen LogP contribution in [0.15, 0.2) is 18.5 Å². The Hall–Kier alpha value is -4.56. The second kappa shape index (κ2) is 12.0. The van der Waals surface area contributed by atoms with E-state index in [1.54, 1.807) is 4.90 Å². The number of hydrogen-bond donors (Lipinski definition) is 1. The van der Waals surface area contributed by atoms with Crippen molar-refractivity contribution in [3.05, 3.63) is 46.0 Å². The van der Waals surface area contributed by atoms with Crippen LogP contribution in [0.5, 0.6) is 11.8 Å². The fourth-order valence-corrected chi connectivity index (χ4v) is 11.1. The van der Waals surface area contributed by atoms with Gasteiger partial charge in [-0.05, 0) is 67.8 Å². The molecule has 2 N–H and O–H groups in total. The molecule has 5 aliphatic rings. The van der Waals surface area contributed by atoms with E-state index in [-0.39, 0.29) is 89.0 Å². The number of hydrogen-bond acceptors (Lipinski definition) is 12. The molecule has 18 heteroatoms. The smallest absolute Gasteiger partial charge is 0.346 e. The molecule has 8 heterocycles. The highest BCUT2D eigenvalue weighted by Crippen LogP contribution is 2.54. The van der Waals surface area contributed by atoms with Crippen molar-refractivity contribution >= 4 is 72.4 Å². The molecule has 10 rings (SSSR count). The number of nitrogens with two attached hydrogens (primary N) is 1. The van der Waals surface area contributed by atoms with Crippen LogP contribution in [0.25, 0.3) is 32.1 Å². The fourth-order valence-electron chi connectivity index (χ4n) is 9.72. The quantitative estimate of drug-likeness (QED) is 0.213. The molecule has 0 aliphatic carbocycles. The molecule has 0 radical (unpaired) electrons. The molecule has 4 saturated heterocycles. The summed E-state index contributed by atoms with van der Waals surface area (Å²) >= 11 is 14.0. The number of carbonyl (C=O) groups excluding carboxylic acids is 1. The Morgan fingerprint density at radius 1 is 1.20 bits per heavy atom. The second-order valence-electron chi connectivity index (χ2n) is 15.2. The third kappa shape index (κ3) is 4.77. The average molecular weight is 794 g/mol. The topological polar surface area (TPSA) is 152 Å². The van der Waals surface area contributed by atoms with E-state index in [0.717, 1.165) is 54.8 Å². The molecule has 2 aromatic carbocycles. The lowest BCUT2D eigenvalue weighted by Crippen LogP contribution is -2.64. The van der Waals surface area contributed by atoms with Crippen molar-refractivity contribution < 1.29 is 23.0 Å². The number of halogens is 4. The van der Waals surface area contributed by atoms with Crippen LogP contribution in [0.4, 0.5) is 24.4 Å². The number of nitriles is 1. The van der Waals surface area contributed by atoms with Gasteiger partial charge in [-0.1, -0.05) is 24.6 Å². The number of aromatic nitrogens is 5. The summed E-state index contributed by atoms with van der Waals surface area (Å²) in [6, 6.07) is 4.01. The maximum atomic E-state index is 17.5. The molecule has 0 bridgehead atoms. The standard InChI is InChI=1S/C36H32Cl2F2N10O3S/c1-17-9-36(5-2-7-47(36)12-17)15-53-33-44-27-24-28(25(37)23(26(27)40)19-3-4-21(39)29-22(19)20(11-41)30(42)54-29)52-13-18-10-35(14-48(18)31(24)45-33)6-8-49(35)34(51)50-16-43-32(38)46-50/h3-4,16-18H,2,5-10,12-15,42H2,1H3/t17-,18?,35?,36+/m1/s1. The maximum Gasteiger partial charge on any atom is 0.346 e. The van der Waals surface area contributed by atoms with E-state index in [0.29, 0.717) is 37.9 Å². The van der Waals surface area contributed by atoms with Gasteiger partial charge in [0.25, 0.3) is 0 Å². The number of nitrogens with zero attached hydrogens (tertiary/aromatic N) is 9. The highest BCUT2D eigenvalue weighted by atomic mass is 35.5. The van der Waals surface area contributed by atoms with Crippen LogP contribution in [-0.4, -0.2) is 97.1 Å². The average Bonchev–Trinajstić information content (AvgIpc) is 3.95. The number of rotatable bonds is 4. The first-order chi connectivity index (χ1) is 26.0. The third-order valence-corrected chi connectivity index (χ3v) is 13.7. The van der Waals surface area contributed by atoms with Gasteiger partial charge < -0.3 is 25.0 Å². The molecule has 1 amide bonds. The van der Waals surface area contributed by atoms with Crippen LogP contribution >= 0.6 is 34.5 Å². The van der Waals surface area contributed by atoms with Crippen LogP contribution in [-0.2, 0) is 0 Å². The summed E-state index contributed by atoms with van der Waals surface area (Å²) in [4.78, 5) is 33.4. The van der Waals surface area contributed by atoms with Crippen molar-refractivity contribution in [2.75, 3.05) is 50.0 Å². The van der Waals surface area contributed by atoms with Gasteiger partial charge in [0.2, 0.25) is 5.28 Å². The van der Waals surface area contributed by atoms with Crippen LogP contribution in [0, 0.1) is 28.9 Å². The zero-order valence-electron chi connectivity index (χ0n) is 28.9. The Morgan fingerprint density at radius 2 is 2.06 bits per heavy atom. The predicted octanol–water partition coefficient (Wildman–Crippen LogP) is 6.48. The number of amides is 1. The number of thiophene rings is 1. The van der Waals surface area contributed by atoms with E-state index in [1.165, 1.54) is 18.5 Å². The molecule has 2 unspecified atom stereocenters. The molecule has 0 saturated carbocycles. The van der Waals surface area contributed by atoms with Crippen molar-refractivity contribution in [2.45, 2.75) is 56.1 Å². The number of carbonyl (C=O) groups is 1. The van der Waals surface area contributed by atoms with Crippen molar-refractivity contribution in [3.8, 4) is 29.0 Å². The van der Waals surface area contributed by atoms with Gasteiger partial charge in [0.05, 0.1) is 37.8 Å². The Morgan fingerprint density at radius 3 is 2.81 bits per heavy atom. The van der Waals surface area contributed by atoms with E-state index >= 15 is 8.78 Å². The van der Waals surface area contributed by atoms with Crippen molar-refractivity contribution in [1.82, 2.24) is 34.5 Å². The van der Waals surface area contributed by atoms with E-state index < -0.39 is 17.2 Å². The monoisotopic (exact) mass is 792 g/mol. The molecule has 54 heavy (non-hydrogen) atoms. The number of anilines is 2. The summed E-state index contributed by atoms with van der Waals surface area (Å²) in [5.41, 5.74) is 5.43. The van der Waals surface area contributed by atoms with Crippen molar-refractivity contribution in [2.24, 2.45) is 5.92 Å². The normalized spacial score (nSPS) is 25.9. The minimum atomic E-state index is -0.802. The second-order valence-corrected chi connectivity index (χ2v) is 16.9. The molecule has 1 spiro atoms. The van der Waals surface area contributed by atoms with E-state index in [9.17, 15) is 10.1 Å². The van der Waals surface area contributed by atoms with Crippen LogP contribution in [0.1, 0.15) is 44.6 Å². The molecule has 3 aromatic heterocycles. The van der Waals surface area contributed by atoms with Gasteiger partial charge in [-0.25, -0.2) is 18.6 Å². The molecular formula is C36H32Cl2F2N10O3S. The van der Waals surface area contributed by atoms with E-state index in [2.05, 4.69) is 28.0 Å². The van der Waals surface area contributed by atoms with Gasteiger partial charge in [-0.15, -0.1) is 16.4 Å². The first-order valence-electron chi connectivity index (χ1n) is 17.8. The van der Waals surface area contributed by atoms with Gasteiger partial charge in [-0.2, -0.15) is 19.9 Å². The SMILES string of the molecule is C[C@H]1CN2CCC[C@@]2(COc2nc3c4c(c(Cl)c(-c5ccc(F)c6sc(N)c(C#N)c56)c(F)c4n2)OCC2CC4(CCN4C(=O)n4cnc(Cl)n4)CN32)C1. The Labute approximate surface area is 321 Å². The molecule has 5 aliphatic heterocycles. The van der Waals surface area contributed by atoms with Gasteiger partial charge in [0.1, 0.15) is 47.8 Å². The highest BCUT2D eigenvalue weighted by Gasteiger charge is 2.57. The van der Waals surface area contributed by atoms with Crippen molar-refractivity contribution in [1.29, 1.82) is 5.26 Å².